The maximum absolute atomic E-state index is 12.0. The van der Waals surface area contributed by atoms with Crippen molar-refractivity contribution < 1.29 is 14.3 Å². The van der Waals surface area contributed by atoms with Crippen LogP contribution in [0.3, 0.4) is 0 Å². The van der Waals surface area contributed by atoms with Crippen LogP contribution in [0.15, 0.2) is 24.3 Å². The van der Waals surface area contributed by atoms with Crippen LogP contribution in [0.1, 0.15) is 56.3 Å². The lowest BCUT2D eigenvalue weighted by Gasteiger charge is -2.17. The molecule has 1 N–H and O–H groups in total. The topological polar surface area (TPSA) is 58.6 Å². The average molecular weight is 320 g/mol. The number of urea groups is 1. The smallest absolute Gasteiger partial charge is 0.338 e. The Morgan fingerprint density at radius 2 is 1.70 bits per heavy atom. The molecule has 0 aromatic heterocycles. The van der Waals surface area contributed by atoms with E-state index in [1.807, 2.05) is 6.92 Å². The second kappa shape index (κ2) is 10.6. The van der Waals surface area contributed by atoms with E-state index in [2.05, 4.69) is 12.2 Å². The van der Waals surface area contributed by atoms with E-state index in [0.717, 1.165) is 38.6 Å². The standard InChI is InChI=1S/C18H28N2O3/c1-4-6-8-13-20(3)18(22)19-16-11-9-15(10-12-16)17(21)23-14-7-5-2/h9-12H,4-8,13-14H2,1-3H3,(H,19,22). The first-order chi connectivity index (χ1) is 11.1. The van der Waals surface area contributed by atoms with Crippen LogP contribution in [0.5, 0.6) is 0 Å². The highest BCUT2D eigenvalue weighted by Crippen LogP contribution is 2.12. The summed E-state index contributed by atoms with van der Waals surface area (Å²) in [5.74, 6) is -0.326. The monoisotopic (exact) mass is 320 g/mol. The molecule has 0 fully saturated rings. The predicted octanol–water partition coefficient (Wildman–Crippen LogP) is 4.30. The van der Waals surface area contributed by atoms with Crippen LogP contribution in [-0.2, 0) is 4.74 Å². The van der Waals surface area contributed by atoms with E-state index in [1.54, 1.807) is 36.2 Å². The van der Waals surface area contributed by atoms with Crippen LogP contribution in [0, 0.1) is 0 Å². The SMILES string of the molecule is CCCCCN(C)C(=O)Nc1ccc(C(=O)OCCCC)cc1. The quantitative estimate of drug-likeness (QED) is 0.545. The van der Waals surface area contributed by atoms with Gasteiger partial charge in [0.2, 0.25) is 0 Å². The number of esters is 1. The van der Waals surface area contributed by atoms with E-state index in [1.165, 1.54) is 0 Å². The lowest BCUT2D eigenvalue weighted by molar-refractivity contribution is 0.0500. The van der Waals surface area contributed by atoms with Gasteiger partial charge in [-0.3, -0.25) is 0 Å². The molecule has 0 atom stereocenters. The Morgan fingerprint density at radius 3 is 2.30 bits per heavy atom. The third-order valence-electron chi connectivity index (χ3n) is 3.55. The number of rotatable bonds is 9. The summed E-state index contributed by atoms with van der Waals surface area (Å²) >= 11 is 0. The number of hydrogen-bond acceptors (Lipinski definition) is 3. The Balaban J connectivity index is 2.46. The summed E-state index contributed by atoms with van der Waals surface area (Å²) in [6.07, 6.45) is 5.11. The molecule has 1 aromatic carbocycles. The van der Waals surface area contributed by atoms with E-state index in [0.29, 0.717) is 17.9 Å². The summed E-state index contributed by atoms with van der Waals surface area (Å²) in [6.45, 7) is 5.36. The molecule has 0 aliphatic rings. The number of nitrogens with zero attached hydrogens (tertiary/aromatic N) is 1. The third kappa shape index (κ3) is 7.17. The third-order valence-corrected chi connectivity index (χ3v) is 3.55. The highest BCUT2D eigenvalue weighted by atomic mass is 16.5. The first kappa shape index (κ1) is 19.0. The molecule has 5 heteroatoms. The van der Waals surface area contributed by atoms with Crippen molar-refractivity contribution in [3.63, 3.8) is 0 Å². The fourth-order valence-corrected chi connectivity index (χ4v) is 2.00. The van der Waals surface area contributed by atoms with Gasteiger partial charge in [-0.25, -0.2) is 9.59 Å². The van der Waals surface area contributed by atoms with Crippen LogP contribution in [0.4, 0.5) is 10.5 Å². The number of benzene rings is 1. The van der Waals surface area contributed by atoms with E-state index in [4.69, 9.17) is 4.74 Å². The molecule has 0 saturated carbocycles. The Labute approximate surface area is 139 Å². The molecule has 2 amide bonds. The molecular weight excluding hydrogens is 292 g/mol. The zero-order valence-electron chi connectivity index (χ0n) is 14.4. The summed E-state index contributed by atoms with van der Waals surface area (Å²) in [4.78, 5) is 25.5. The molecule has 0 heterocycles. The van der Waals surface area contributed by atoms with Gasteiger partial charge < -0.3 is 15.0 Å². The summed E-state index contributed by atoms with van der Waals surface area (Å²) in [5.41, 5.74) is 1.16. The van der Waals surface area contributed by atoms with Crippen molar-refractivity contribution in [2.75, 3.05) is 25.5 Å². The Bertz CT molecular complexity index is 486. The van der Waals surface area contributed by atoms with Gasteiger partial charge in [0, 0.05) is 19.3 Å². The normalized spacial score (nSPS) is 10.2. The van der Waals surface area contributed by atoms with Gasteiger partial charge in [0.15, 0.2) is 0 Å². The van der Waals surface area contributed by atoms with Gasteiger partial charge in [-0.2, -0.15) is 0 Å². The fourth-order valence-electron chi connectivity index (χ4n) is 2.00. The van der Waals surface area contributed by atoms with Crippen molar-refractivity contribution in [3.05, 3.63) is 29.8 Å². The van der Waals surface area contributed by atoms with E-state index >= 15 is 0 Å². The zero-order chi connectivity index (χ0) is 17.1. The average Bonchev–Trinajstić information content (AvgIpc) is 2.55. The number of unbranched alkanes of at least 4 members (excludes halogenated alkanes) is 3. The van der Waals surface area contributed by atoms with Gasteiger partial charge in [-0.1, -0.05) is 33.1 Å². The Kier molecular flexibility index (Phi) is 8.80. The number of amides is 2. The van der Waals surface area contributed by atoms with Crippen LogP contribution in [-0.4, -0.2) is 37.1 Å². The first-order valence-corrected chi connectivity index (χ1v) is 8.37. The number of ether oxygens (including phenoxy) is 1. The van der Waals surface area contributed by atoms with Crippen LogP contribution in [0.25, 0.3) is 0 Å². The molecule has 0 bridgehead atoms. The molecule has 23 heavy (non-hydrogen) atoms. The lowest BCUT2D eigenvalue weighted by Crippen LogP contribution is -2.32. The molecule has 0 unspecified atom stereocenters. The van der Waals surface area contributed by atoms with Gasteiger partial charge in [-0.15, -0.1) is 0 Å². The van der Waals surface area contributed by atoms with E-state index in [-0.39, 0.29) is 12.0 Å². The second-order valence-corrected chi connectivity index (χ2v) is 5.63. The molecule has 5 nitrogen and oxygen atoms in total. The van der Waals surface area contributed by atoms with Crippen molar-refractivity contribution in [3.8, 4) is 0 Å². The van der Waals surface area contributed by atoms with Crippen molar-refractivity contribution in [1.29, 1.82) is 0 Å². The van der Waals surface area contributed by atoms with Gasteiger partial charge in [0.1, 0.15) is 0 Å². The van der Waals surface area contributed by atoms with Crippen LogP contribution < -0.4 is 5.32 Å². The van der Waals surface area contributed by atoms with E-state index in [9.17, 15) is 9.59 Å². The van der Waals surface area contributed by atoms with Gasteiger partial charge in [0.25, 0.3) is 0 Å². The van der Waals surface area contributed by atoms with Crippen molar-refractivity contribution in [2.24, 2.45) is 0 Å². The number of carbonyl (C=O) groups is 2. The lowest BCUT2D eigenvalue weighted by atomic mass is 10.2. The van der Waals surface area contributed by atoms with Crippen LogP contribution >= 0.6 is 0 Å². The molecule has 0 spiro atoms. The van der Waals surface area contributed by atoms with E-state index < -0.39 is 0 Å². The predicted molar refractivity (Wildman–Crippen MR) is 92.8 cm³/mol. The van der Waals surface area contributed by atoms with Crippen molar-refractivity contribution in [2.45, 2.75) is 46.0 Å². The number of hydrogen-bond donors (Lipinski definition) is 1. The number of carbonyl (C=O) groups excluding carboxylic acids is 2. The summed E-state index contributed by atoms with van der Waals surface area (Å²) in [5, 5.41) is 2.82. The van der Waals surface area contributed by atoms with Crippen LogP contribution in [0.2, 0.25) is 0 Å². The van der Waals surface area contributed by atoms with Gasteiger partial charge in [-0.05, 0) is 37.1 Å². The molecule has 0 aliphatic carbocycles. The minimum Gasteiger partial charge on any atom is -0.462 e. The molecule has 0 radical (unpaired) electrons. The minimum absolute atomic E-state index is 0.139. The van der Waals surface area contributed by atoms with Crippen molar-refractivity contribution >= 4 is 17.7 Å². The summed E-state index contributed by atoms with van der Waals surface area (Å²) < 4.78 is 5.15. The zero-order valence-corrected chi connectivity index (χ0v) is 14.4. The maximum Gasteiger partial charge on any atom is 0.338 e. The minimum atomic E-state index is -0.326. The summed E-state index contributed by atoms with van der Waals surface area (Å²) in [7, 11) is 1.78. The highest BCUT2D eigenvalue weighted by Gasteiger charge is 2.10. The molecule has 1 aromatic rings. The molecule has 128 valence electrons. The molecular formula is C18H28N2O3. The highest BCUT2D eigenvalue weighted by molar-refractivity contribution is 5.92. The number of anilines is 1. The maximum atomic E-state index is 12.0. The first-order valence-electron chi connectivity index (χ1n) is 8.37. The van der Waals surface area contributed by atoms with Gasteiger partial charge >= 0.3 is 12.0 Å². The largest absolute Gasteiger partial charge is 0.462 e. The van der Waals surface area contributed by atoms with Crippen molar-refractivity contribution in [1.82, 2.24) is 4.90 Å². The molecule has 0 saturated heterocycles. The Hall–Kier alpha value is -2.04. The van der Waals surface area contributed by atoms with Gasteiger partial charge in [0.05, 0.1) is 12.2 Å². The molecule has 1 rings (SSSR count). The molecule has 0 aliphatic heterocycles. The number of nitrogens with one attached hydrogen (secondary N) is 1. The second-order valence-electron chi connectivity index (χ2n) is 5.63. The fraction of sp³-hybridized carbons (Fsp3) is 0.556. The summed E-state index contributed by atoms with van der Waals surface area (Å²) in [6, 6.07) is 6.63. The Morgan fingerprint density at radius 1 is 1.04 bits per heavy atom.